The van der Waals surface area contributed by atoms with E-state index in [0.29, 0.717) is 10.7 Å². The van der Waals surface area contributed by atoms with Gasteiger partial charge in [-0.3, -0.25) is 4.79 Å². The largest absolute Gasteiger partial charge is 0.337 e. The summed E-state index contributed by atoms with van der Waals surface area (Å²) in [5.74, 6) is -0.112. The Labute approximate surface area is 148 Å². The zero-order valence-corrected chi connectivity index (χ0v) is 15.2. The molecule has 0 atom stereocenters. The summed E-state index contributed by atoms with van der Waals surface area (Å²) in [6.45, 7) is 4.71. The molecule has 0 aliphatic heterocycles. The van der Waals surface area contributed by atoms with Gasteiger partial charge in [0.05, 0.1) is 0 Å². The van der Waals surface area contributed by atoms with Crippen molar-refractivity contribution in [1.29, 1.82) is 0 Å². The third-order valence-electron chi connectivity index (χ3n) is 3.91. The first-order valence-electron chi connectivity index (χ1n) is 7.36. The highest BCUT2D eigenvalue weighted by atomic mass is 79.9. The number of benzene rings is 2. The topological polar surface area (TPSA) is 34.0 Å². The van der Waals surface area contributed by atoms with Crippen molar-refractivity contribution in [2.24, 2.45) is 0 Å². The van der Waals surface area contributed by atoms with Crippen molar-refractivity contribution in [2.45, 2.75) is 20.4 Å². The van der Waals surface area contributed by atoms with Crippen molar-refractivity contribution in [3.05, 3.63) is 63.2 Å². The van der Waals surface area contributed by atoms with Gasteiger partial charge < -0.3 is 9.88 Å². The Bertz CT molecular complexity index is 884. The Morgan fingerprint density at radius 2 is 1.91 bits per heavy atom. The Morgan fingerprint density at radius 3 is 2.57 bits per heavy atom. The van der Waals surface area contributed by atoms with Crippen molar-refractivity contribution in [1.82, 2.24) is 4.57 Å². The molecule has 1 amide bonds. The number of fused-ring (bicyclic) bond motifs is 1. The molecule has 0 spiro atoms. The van der Waals surface area contributed by atoms with Gasteiger partial charge in [0.25, 0.3) is 5.91 Å². The van der Waals surface area contributed by atoms with E-state index >= 15 is 0 Å². The summed E-state index contributed by atoms with van der Waals surface area (Å²) >= 11 is 9.50. The SMILES string of the molecule is CCn1c(C(=O)Nc2ccc(Br)cc2)c(C)c2cc(Cl)ccc21. The number of nitrogens with one attached hydrogen (secondary N) is 1. The number of halogens is 2. The fraction of sp³-hybridized carbons (Fsp3) is 0.167. The number of aryl methyl sites for hydroxylation is 2. The normalized spacial score (nSPS) is 11.0. The minimum Gasteiger partial charge on any atom is -0.337 e. The molecule has 2 aromatic carbocycles. The number of anilines is 1. The van der Waals surface area contributed by atoms with Crippen molar-refractivity contribution < 1.29 is 4.79 Å². The molecule has 1 aromatic heterocycles. The number of carbonyl (C=O) groups excluding carboxylic acids is 1. The smallest absolute Gasteiger partial charge is 0.272 e. The molecule has 23 heavy (non-hydrogen) atoms. The van der Waals surface area contributed by atoms with Gasteiger partial charge >= 0.3 is 0 Å². The monoisotopic (exact) mass is 390 g/mol. The summed E-state index contributed by atoms with van der Waals surface area (Å²) in [6.07, 6.45) is 0. The maximum absolute atomic E-state index is 12.8. The second-order valence-electron chi connectivity index (χ2n) is 5.34. The van der Waals surface area contributed by atoms with Gasteiger partial charge in [-0.15, -0.1) is 0 Å². The first-order chi connectivity index (χ1) is 11.0. The van der Waals surface area contributed by atoms with Crippen LogP contribution in [0, 0.1) is 6.92 Å². The highest BCUT2D eigenvalue weighted by Gasteiger charge is 2.19. The lowest BCUT2D eigenvalue weighted by Gasteiger charge is -2.10. The van der Waals surface area contributed by atoms with Crippen LogP contribution in [0.25, 0.3) is 10.9 Å². The van der Waals surface area contributed by atoms with E-state index in [2.05, 4.69) is 21.2 Å². The molecule has 1 N–H and O–H groups in total. The summed E-state index contributed by atoms with van der Waals surface area (Å²) in [5, 5.41) is 4.65. The predicted molar refractivity (Wildman–Crippen MR) is 99.5 cm³/mol. The van der Waals surface area contributed by atoms with E-state index in [9.17, 15) is 4.79 Å². The van der Waals surface area contributed by atoms with Crippen LogP contribution >= 0.6 is 27.5 Å². The van der Waals surface area contributed by atoms with Crippen LogP contribution in [-0.4, -0.2) is 10.5 Å². The summed E-state index contributed by atoms with van der Waals surface area (Å²) in [6, 6.07) is 13.3. The van der Waals surface area contributed by atoms with Crippen LogP contribution in [-0.2, 0) is 6.54 Å². The van der Waals surface area contributed by atoms with E-state index in [1.54, 1.807) is 0 Å². The van der Waals surface area contributed by atoms with E-state index in [1.807, 2.05) is 60.9 Å². The minimum absolute atomic E-state index is 0.112. The van der Waals surface area contributed by atoms with Crippen LogP contribution in [0.5, 0.6) is 0 Å². The summed E-state index contributed by atoms with van der Waals surface area (Å²) < 4.78 is 3.00. The zero-order chi connectivity index (χ0) is 16.6. The van der Waals surface area contributed by atoms with Gasteiger partial charge in [-0.2, -0.15) is 0 Å². The standard InChI is InChI=1S/C18H16BrClN2O/c1-3-22-16-9-6-13(20)10-15(16)11(2)17(22)18(23)21-14-7-4-12(19)5-8-14/h4-10H,3H2,1-2H3,(H,21,23). The number of aromatic nitrogens is 1. The van der Waals surface area contributed by atoms with Gasteiger partial charge in [0.15, 0.2) is 0 Å². The van der Waals surface area contributed by atoms with Gasteiger partial charge in [0.1, 0.15) is 5.69 Å². The van der Waals surface area contributed by atoms with E-state index in [1.165, 1.54) is 0 Å². The second-order valence-corrected chi connectivity index (χ2v) is 6.69. The van der Waals surface area contributed by atoms with E-state index in [-0.39, 0.29) is 5.91 Å². The number of nitrogens with zero attached hydrogens (tertiary/aromatic N) is 1. The van der Waals surface area contributed by atoms with Crippen molar-refractivity contribution >= 4 is 50.0 Å². The lowest BCUT2D eigenvalue weighted by molar-refractivity contribution is 0.101. The van der Waals surface area contributed by atoms with Gasteiger partial charge in [-0.25, -0.2) is 0 Å². The average molecular weight is 392 g/mol. The summed E-state index contributed by atoms with van der Waals surface area (Å²) in [4.78, 5) is 12.8. The fourth-order valence-electron chi connectivity index (χ4n) is 2.84. The third-order valence-corrected chi connectivity index (χ3v) is 4.68. The molecule has 0 radical (unpaired) electrons. The Balaban J connectivity index is 2.06. The number of hydrogen-bond donors (Lipinski definition) is 1. The van der Waals surface area contributed by atoms with Crippen molar-refractivity contribution in [3.63, 3.8) is 0 Å². The summed E-state index contributed by atoms with van der Waals surface area (Å²) in [7, 11) is 0. The molecule has 5 heteroatoms. The molecule has 0 aliphatic rings. The van der Waals surface area contributed by atoms with Crippen molar-refractivity contribution in [2.75, 3.05) is 5.32 Å². The Kier molecular flexibility index (Phi) is 4.46. The molecule has 0 saturated heterocycles. The second kappa shape index (κ2) is 6.38. The molecule has 0 aliphatic carbocycles. The molecule has 1 heterocycles. The predicted octanol–water partition coefficient (Wildman–Crippen LogP) is 5.64. The molecule has 0 unspecified atom stereocenters. The highest BCUT2D eigenvalue weighted by Crippen LogP contribution is 2.29. The van der Waals surface area contributed by atoms with Gasteiger partial charge in [-0.1, -0.05) is 27.5 Å². The molecule has 3 aromatic rings. The van der Waals surface area contributed by atoms with Crippen LogP contribution in [0.15, 0.2) is 46.9 Å². The van der Waals surface area contributed by atoms with Gasteiger partial charge in [-0.05, 0) is 61.9 Å². The maximum Gasteiger partial charge on any atom is 0.272 e. The lowest BCUT2D eigenvalue weighted by atomic mass is 10.1. The first kappa shape index (κ1) is 16.1. The molecule has 0 saturated carbocycles. The number of rotatable bonds is 3. The maximum atomic E-state index is 12.8. The van der Waals surface area contributed by atoms with E-state index < -0.39 is 0 Å². The number of carbonyl (C=O) groups is 1. The van der Waals surface area contributed by atoms with Crippen LogP contribution in [0.1, 0.15) is 23.0 Å². The molecule has 3 nitrogen and oxygen atoms in total. The number of amides is 1. The van der Waals surface area contributed by atoms with Gasteiger partial charge in [0.2, 0.25) is 0 Å². The molecule has 3 rings (SSSR count). The van der Waals surface area contributed by atoms with Crippen LogP contribution in [0.2, 0.25) is 5.02 Å². The quantitative estimate of drug-likeness (QED) is 0.616. The zero-order valence-electron chi connectivity index (χ0n) is 12.9. The van der Waals surface area contributed by atoms with Crippen LogP contribution < -0.4 is 5.32 Å². The average Bonchev–Trinajstić information content (AvgIpc) is 2.81. The molecule has 118 valence electrons. The first-order valence-corrected chi connectivity index (χ1v) is 8.53. The van der Waals surface area contributed by atoms with Crippen LogP contribution in [0.3, 0.4) is 0 Å². The third kappa shape index (κ3) is 3.01. The molecular formula is C18H16BrClN2O. The van der Waals surface area contributed by atoms with Gasteiger partial charge in [0, 0.05) is 32.6 Å². The Morgan fingerprint density at radius 1 is 1.22 bits per heavy atom. The number of hydrogen-bond acceptors (Lipinski definition) is 1. The molecular weight excluding hydrogens is 376 g/mol. The Hall–Kier alpha value is -1.78. The van der Waals surface area contributed by atoms with E-state index in [0.717, 1.165) is 33.2 Å². The van der Waals surface area contributed by atoms with E-state index in [4.69, 9.17) is 11.6 Å². The summed E-state index contributed by atoms with van der Waals surface area (Å²) in [5.41, 5.74) is 3.41. The van der Waals surface area contributed by atoms with Crippen LogP contribution in [0.4, 0.5) is 5.69 Å². The van der Waals surface area contributed by atoms with Crippen molar-refractivity contribution in [3.8, 4) is 0 Å². The minimum atomic E-state index is -0.112. The highest BCUT2D eigenvalue weighted by molar-refractivity contribution is 9.10. The lowest BCUT2D eigenvalue weighted by Crippen LogP contribution is -2.17. The fourth-order valence-corrected chi connectivity index (χ4v) is 3.28. The molecule has 0 bridgehead atoms. The molecule has 0 fully saturated rings.